The average molecular weight is 324 g/mol. The summed E-state index contributed by atoms with van der Waals surface area (Å²) in [6.45, 7) is 5.42. The maximum Gasteiger partial charge on any atom is 0.218 e. The number of nitriles is 1. The van der Waals surface area contributed by atoms with Gasteiger partial charge < -0.3 is 0 Å². The lowest BCUT2D eigenvalue weighted by molar-refractivity contribution is 0.391. The highest BCUT2D eigenvalue weighted by Crippen LogP contribution is 2.27. The number of benzene rings is 1. The zero-order valence-corrected chi connectivity index (χ0v) is 14.0. The molecule has 0 radical (unpaired) electrons. The van der Waals surface area contributed by atoms with E-state index in [2.05, 4.69) is 13.8 Å². The van der Waals surface area contributed by atoms with E-state index in [1.54, 1.807) is 28.6 Å². The van der Waals surface area contributed by atoms with Crippen LogP contribution in [0.15, 0.2) is 24.3 Å². The molecule has 1 heterocycles. The Labute approximate surface area is 131 Å². The van der Waals surface area contributed by atoms with Crippen LogP contribution in [0.5, 0.6) is 0 Å². The molecule has 1 atom stereocenters. The SMILES string of the molecule is CC(C)[C@@H]1CN(S(=O)(=O)Cc2cccc(C#N)c2)CCS1. The third-order valence-electron chi connectivity index (χ3n) is 3.60. The second kappa shape index (κ2) is 6.82. The molecule has 1 fully saturated rings. The second-order valence-corrected chi connectivity index (χ2v) is 8.90. The monoisotopic (exact) mass is 324 g/mol. The molecule has 0 N–H and O–H groups in total. The Kier molecular flexibility index (Phi) is 5.31. The molecule has 4 nitrogen and oxygen atoms in total. The van der Waals surface area contributed by atoms with Crippen LogP contribution in [0.3, 0.4) is 0 Å². The lowest BCUT2D eigenvalue weighted by atomic mass is 10.1. The van der Waals surface area contributed by atoms with Crippen molar-refractivity contribution in [2.75, 3.05) is 18.8 Å². The van der Waals surface area contributed by atoms with Crippen LogP contribution < -0.4 is 0 Å². The summed E-state index contributed by atoms with van der Waals surface area (Å²) in [6, 6.07) is 8.86. The number of rotatable bonds is 4. The molecule has 0 bridgehead atoms. The summed E-state index contributed by atoms with van der Waals surface area (Å²) in [5, 5.41) is 9.25. The average Bonchev–Trinajstić information content (AvgIpc) is 2.47. The highest BCUT2D eigenvalue weighted by Gasteiger charge is 2.30. The molecule has 1 saturated heterocycles. The van der Waals surface area contributed by atoms with Crippen molar-refractivity contribution in [1.82, 2.24) is 4.31 Å². The van der Waals surface area contributed by atoms with Crippen molar-refractivity contribution in [3.8, 4) is 6.07 Å². The van der Waals surface area contributed by atoms with Crippen molar-refractivity contribution in [1.29, 1.82) is 5.26 Å². The summed E-state index contributed by atoms with van der Waals surface area (Å²) >= 11 is 1.85. The minimum Gasteiger partial charge on any atom is -0.212 e. The Morgan fingerprint density at radius 1 is 1.48 bits per heavy atom. The van der Waals surface area contributed by atoms with E-state index in [9.17, 15) is 8.42 Å². The Morgan fingerprint density at radius 3 is 2.90 bits per heavy atom. The molecule has 0 amide bonds. The molecule has 1 aromatic carbocycles. The third kappa shape index (κ3) is 4.22. The maximum atomic E-state index is 12.6. The van der Waals surface area contributed by atoms with Crippen molar-refractivity contribution in [2.24, 2.45) is 5.92 Å². The van der Waals surface area contributed by atoms with E-state index in [1.165, 1.54) is 0 Å². The van der Waals surface area contributed by atoms with E-state index < -0.39 is 10.0 Å². The molecule has 0 saturated carbocycles. The van der Waals surface area contributed by atoms with Crippen LogP contribution >= 0.6 is 11.8 Å². The summed E-state index contributed by atoms with van der Waals surface area (Å²) in [5.41, 5.74) is 1.17. The quantitative estimate of drug-likeness (QED) is 0.853. The first-order valence-electron chi connectivity index (χ1n) is 7.01. The van der Waals surface area contributed by atoms with Gasteiger partial charge in [0.15, 0.2) is 0 Å². The lowest BCUT2D eigenvalue weighted by Gasteiger charge is -2.33. The zero-order valence-electron chi connectivity index (χ0n) is 12.3. The predicted molar refractivity (Wildman–Crippen MR) is 86.4 cm³/mol. The fourth-order valence-corrected chi connectivity index (χ4v) is 5.39. The van der Waals surface area contributed by atoms with Gasteiger partial charge in [0.2, 0.25) is 10.0 Å². The van der Waals surface area contributed by atoms with E-state index >= 15 is 0 Å². The van der Waals surface area contributed by atoms with Gasteiger partial charge >= 0.3 is 0 Å². The Balaban J connectivity index is 2.12. The minimum atomic E-state index is -3.32. The lowest BCUT2D eigenvalue weighted by Crippen LogP contribution is -2.43. The zero-order chi connectivity index (χ0) is 15.5. The first kappa shape index (κ1) is 16.3. The van der Waals surface area contributed by atoms with Gasteiger partial charge in [-0.3, -0.25) is 0 Å². The fourth-order valence-electron chi connectivity index (χ4n) is 2.34. The summed E-state index contributed by atoms with van der Waals surface area (Å²) in [6.07, 6.45) is 0. The Bertz CT molecular complexity index is 635. The summed E-state index contributed by atoms with van der Waals surface area (Å²) in [7, 11) is -3.32. The molecule has 0 aliphatic carbocycles. The Hall–Kier alpha value is -1.03. The van der Waals surface area contributed by atoms with Crippen LogP contribution in [0, 0.1) is 17.2 Å². The minimum absolute atomic E-state index is 0.0298. The van der Waals surface area contributed by atoms with E-state index in [0.29, 0.717) is 35.4 Å². The van der Waals surface area contributed by atoms with Crippen LogP contribution in [0.1, 0.15) is 25.0 Å². The van der Waals surface area contributed by atoms with Gasteiger partial charge in [-0.25, -0.2) is 8.42 Å². The molecule has 114 valence electrons. The molecular weight excluding hydrogens is 304 g/mol. The molecule has 0 aromatic heterocycles. The molecule has 21 heavy (non-hydrogen) atoms. The van der Waals surface area contributed by atoms with E-state index in [1.807, 2.05) is 17.8 Å². The standard InChI is InChI=1S/C15H20N2O2S2/c1-12(2)15-10-17(6-7-20-15)21(18,19)11-14-5-3-4-13(8-14)9-16/h3-5,8,12,15H,6-7,10-11H2,1-2H3/t15-/m0/s1. The van der Waals surface area contributed by atoms with Gasteiger partial charge in [0.25, 0.3) is 0 Å². The van der Waals surface area contributed by atoms with Gasteiger partial charge in [-0.2, -0.15) is 21.3 Å². The number of hydrogen-bond acceptors (Lipinski definition) is 4. The maximum absolute atomic E-state index is 12.6. The van der Waals surface area contributed by atoms with Crippen molar-refractivity contribution < 1.29 is 8.42 Å². The van der Waals surface area contributed by atoms with Crippen molar-refractivity contribution >= 4 is 21.8 Å². The second-order valence-electron chi connectivity index (χ2n) is 5.58. The molecule has 1 aromatic rings. The number of nitrogens with zero attached hydrogens (tertiary/aromatic N) is 2. The normalized spacial score (nSPS) is 20.4. The summed E-state index contributed by atoms with van der Waals surface area (Å²) in [4.78, 5) is 0. The highest BCUT2D eigenvalue weighted by molar-refractivity contribution is 8.00. The molecule has 0 unspecified atom stereocenters. The van der Waals surface area contributed by atoms with E-state index in [4.69, 9.17) is 5.26 Å². The molecule has 1 aliphatic heterocycles. The number of hydrogen-bond donors (Lipinski definition) is 0. The Morgan fingerprint density at radius 2 is 2.24 bits per heavy atom. The van der Waals surface area contributed by atoms with Crippen molar-refractivity contribution in [3.63, 3.8) is 0 Å². The number of sulfonamides is 1. The summed E-state index contributed by atoms with van der Waals surface area (Å²) in [5.74, 6) is 1.29. The highest BCUT2D eigenvalue weighted by atomic mass is 32.2. The fraction of sp³-hybridized carbons (Fsp3) is 0.533. The van der Waals surface area contributed by atoms with Crippen LogP contribution in [-0.4, -0.2) is 36.8 Å². The van der Waals surface area contributed by atoms with Gasteiger partial charge in [0, 0.05) is 24.1 Å². The van der Waals surface area contributed by atoms with Gasteiger partial charge in [0.1, 0.15) is 0 Å². The van der Waals surface area contributed by atoms with Gasteiger partial charge in [-0.15, -0.1) is 0 Å². The molecular formula is C15H20N2O2S2. The first-order chi connectivity index (χ1) is 9.92. The third-order valence-corrected chi connectivity index (χ3v) is 6.95. The van der Waals surface area contributed by atoms with Crippen LogP contribution in [0.2, 0.25) is 0 Å². The van der Waals surface area contributed by atoms with Crippen molar-refractivity contribution in [3.05, 3.63) is 35.4 Å². The van der Waals surface area contributed by atoms with Crippen LogP contribution in [0.4, 0.5) is 0 Å². The molecule has 1 aliphatic rings. The molecule has 2 rings (SSSR count). The first-order valence-corrected chi connectivity index (χ1v) is 9.66. The van der Waals surface area contributed by atoms with Crippen LogP contribution in [-0.2, 0) is 15.8 Å². The van der Waals surface area contributed by atoms with Gasteiger partial charge in [-0.1, -0.05) is 26.0 Å². The molecule has 6 heteroatoms. The summed E-state index contributed by atoms with van der Waals surface area (Å²) < 4.78 is 26.7. The van der Waals surface area contributed by atoms with Gasteiger partial charge in [0.05, 0.1) is 17.4 Å². The van der Waals surface area contributed by atoms with Crippen molar-refractivity contribution in [2.45, 2.75) is 24.9 Å². The number of thioether (sulfide) groups is 1. The molecule has 0 spiro atoms. The van der Waals surface area contributed by atoms with E-state index in [0.717, 1.165) is 5.75 Å². The topological polar surface area (TPSA) is 61.2 Å². The van der Waals surface area contributed by atoms with Gasteiger partial charge in [-0.05, 0) is 23.6 Å². The van der Waals surface area contributed by atoms with Crippen LogP contribution in [0.25, 0.3) is 0 Å². The predicted octanol–water partition coefficient (Wildman–Crippen LogP) is 2.46. The smallest absolute Gasteiger partial charge is 0.212 e. The van der Waals surface area contributed by atoms with E-state index in [-0.39, 0.29) is 5.75 Å². The largest absolute Gasteiger partial charge is 0.218 e.